The summed E-state index contributed by atoms with van der Waals surface area (Å²) in [6, 6.07) is 15.8. The zero-order chi connectivity index (χ0) is 26.3. The van der Waals surface area contributed by atoms with Gasteiger partial charge in [0.1, 0.15) is 40.6 Å². The Balaban J connectivity index is 1.55. The molecule has 2 aromatic rings. The third kappa shape index (κ3) is 7.39. The van der Waals surface area contributed by atoms with E-state index in [1.54, 1.807) is 7.11 Å². The van der Waals surface area contributed by atoms with E-state index in [-0.39, 0.29) is 24.5 Å². The molecule has 1 heterocycles. The van der Waals surface area contributed by atoms with Crippen molar-refractivity contribution in [2.45, 2.75) is 31.5 Å². The number of alkyl halides is 1. The molecule has 3 rings (SSSR count). The average Bonchev–Trinajstić information content (AvgIpc) is 3.14. The van der Waals surface area contributed by atoms with Crippen molar-refractivity contribution in [2.75, 3.05) is 46.4 Å². The maximum atomic E-state index is 10.6. The lowest BCUT2D eigenvalue weighted by Gasteiger charge is -2.28. The molecule has 198 valence electrons. The topological polar surface area (TPSA) is 86.7 Å². The molecule has 0 saturated heterocycles. The Morgan fingerprint density at radius 3 is 1.92 bits per heavy atom. The fourth-order valence-corrected chi connectivity index (χ4v) is 4.70. The van der Waals surface area contributed by atoms with Crippen LogP contribution in [0, 0.1) is 0 Å². The van der Waals surface area contributed by atoms with Gasteiger partial charge < -0.3 is 29.8 Å². The molecule has 0 amide bonds. The fraction of sp³-hybridized carbons (Fsp3) is 0.462. The van der Waals surface area contributed by atoms with Crippen LogP contribution in [0.5, 0.6) is 11.5 Å². The maximum Gasteiger partial charge on any atom is 0.119 e. The Morgan fingerprint density at radius 2 is 1.44 bits per heavy atom. The van der Waals surface area contributed by atoms with Gasteiger partial charge in [0.2, 0.25) is 0 Å². The molecule has 2 aromatic carbocycles. The SMILES string of the molecule is COCC1=C(I)N(C[C@@H](O)COc2ccc(C(C)(C)c3ccc(OC[C@@H](O)CCl)cc3)cc2)N(C)N1. The first-order chi connectivity index (χ1) is 17.1. The van der Waals surface area contributed by atoms with Gasteiger partial charge in [0.25, 0.3) is 0 Å². The molecule has 0 aromatic heterocycles. The summed E-state index contributed by atoms with van der Waals surface area (Å²) >= 11 is 7.85. The molecule has 3 N–H and O–H groups in total. The van der Waals surface area contributed by atoms with Gasteiger partial charge in [0.15, 0.2) is 0 Å². The number of β-amino-alcohol motifs (C(OH)–C–C–N with tert-alkyl or cyclic N) is 1. The third-order valence-corrected chi connectivity index (χ3v) is 7.59. The third-order valence-electron chi connectivity index (χ3n) is 6.02. The summed E-state index contributed by atoms with van der Waals surface area (Å²) in [7, 11) is 3.54. The quantitative estimate of drug-likeness (QED) is 0.176. The van der Waals surface area contributed by atoms with Crippen LogP contribution >= 0.6 is 34.2 Å². The lowest BCUT2D eigenvalue weighted by molar-refractivity contribution is -0.0166. The molecule has 36 heavy (non-hydrogen) atoms. The van der Waals surface area contributed by atoms with E-state index >= 15 is 0 Å². The van der Waals surface area contributed by atoms with E-state index in [0.29, 0.717) is 24.7 Å². The van der Waals surface area contributed by atoms with Crippen LogP contribution in [0.25, 0.3) is 0 Å². The minimum atomic E-state index is -0.683. The molecule has 1 aliphatic rings. The largest absolute Gasteiger partial charge is 0.491 e. The number of hydrogen-bond donors (Lipinski definition) is 3. The van der Waals surface area contributed by atoms with Crippen LogP contribution in [0.2, 0.25) is 0 Å². The molecule has 0 unspecified atom stereocenters. The van der Waals surface area contributed by atoms with Gasteiger partial charge in [-0.05, 0) is 58.0 Å². The van der Waals surface area contributed by atoms with Crippen molar-refractivity contribution in [3.8, 4) is 11.5 Å². The highest BCUT2D eigenvalue weighted by molar-refractivity contribution is 14.1. The molecule has 2 atom stereocenters. The van der Waals surface area contributed by atoms with E-state index in [4.69, 9.17) is 25.8 Å². The second-order valence-electron chi connectivity index (χ2n) is 9.18. The van der Waals surface area contributed by atoms with Crippen molar-refractivity contribution in [3.05, 3.63) is 69.1 Å². The van der Waals surface area contributed by atoms with E-state index in [0.717, 1.165) is 20.5 Å². The lowest BCUT2D eigenvalue weighted by Crippen LogP contribution is -2.44. The molecule has 0 aliphatic carbocycles. The molecule has 0 spiro atoms. The second kappa shape index (κ2) is 13.2. The summed E-state index contributed by atoms with van der Waals surface area (Å²) in [5, 5.41) is 23.9. The molecular weight excluding hydrogens is 597 g/mol. The number of nitrogens with zero attached hydrogens (tertiary/aromatic N) is 2. The summed E-state index contributed by atoms with van der Waals surface area (Å²) in [4.78, 5) is 0. The second-order valence-corrected chi connectivity index (χ2v) is 10.5. The smallest absolute Gasteiger partial charge is 0.119 e. The number of benzene rings is 2. The van der Waals surface area contributed by atoms with Crippen LogP contribution in [0.15, 0.2) is 57.9 Å². The lowest BCUT2D eigenvalue weighted by atomic mass is 9.78. The zero-order valence-corrected chi connectivity index (χ0v) is 24.0. The van der Waals surface area contributed by atoms with Crippen LogP contribution in [-0.2, 0) is 10.2 Å². The van der Waals surface area contributed by atoms with Gasteiger partial charge >= 0.3 is 0 Å². The van der Waals surface area contributed by atoms with Gasteiger partial charge in [-0.15, -0.1) is 16.7 Å². The predicted octanol–water partition coefficient (Wildman–Crippen LogP) is 3.65. The molecule has 10 heteroatoms. The van der Waals surface area contributed by atoms with Gasteiger partial charge in [-0.3, -0.25) is 5.01 Å². The number of hydrogen-bond acceptors (Lipinski definition) is 8. The monoisotopic (exact) mass is 631 g/mol. The molecular formula is C26H35ClIN3O5. The highest BCUT2D eigenvalue weighted by atomic mass is 127. The first-order valence-corrected chi connectivity index (χ1v) is 13.3. The summed E-state index contributed by atoms with van der Waals surface area (Å²) in [5.74, 6) is 1.54. The van der Waals surface area contributed by atoms with Gasteiger partial charge in [-0.25, -0.2) is 0 Å². The van der Waals surface area contributed by atoms with E-state index in [2.05, 4.69) is 41.9 Å². The van der Waals surface area contributed by atoms with E-state index in [1.807, 2.05) is 65.7 Å². The Bertz CT molecular complexity index is 1000. The van der Waals surface area contributed by atoms with E-state index < -0.39 is 12.2 Å². The van der Waals surface area contributed by atoms with Crippen molar-refractivity contribution in [1.82, 2.24) is 15.6 Å². The standard InChI is InChI=1S/C26H35ClIN3O5/c1-26(2,18-5-9-22(10-6-18)35-15-20(32)13-27)19-7-11-23(12-8-19)36-16-21(33)14-31-25(28)24(17-34-4)29-30(31)3/h5-12,20-21,29,32-33H,13-17H2,1-4H3/t20-,21+/m0/s1. The predicted molar refractivity (Wildman–Crippen MR) is 149 cm³/mol. The first kappa shape index (κ1) is 28.8. The molecule has 0 fully saturated rings. The number of methoxy groups -OCH3 is 1. The number of aliphatic hydroxyl groups excluding tert-OH is 2. The average molecular weight is 632 g/mol. The molecule has 8 nitrogen and oxygen atoms in total. The van der Waals surface area contributed by atoms with Gasteiger partial charge in [0.05, 0.1) is 24.7 Å². The van der Waals surface area contributed by atoms with Crippen molar-refractivity contribution >= 4 is 34.2 Å². The molecule has 0 bridgehead atoms. The van der Waals surface area contributed by atoms with Crippen LogP contribution in [0.1, 0.15) is 25.0 Å². The van der Waals surface area contributed by atoms with Crippen molar-refractivity contribution in [3.63, 3.8) is 0 Å². The summed E-state index contributed by atoms with van der Waals surface area (Å²) in [6.45, 7) is 5.53. The zero-order valence-electron chi connectivity index (χ0n) is 21.1. The van der Waals surface area contributed by atoms with E-state index in [1.165, 1.54) is 0 Å². The van der Waals surface area contributed by atoms with E-state index in [9.17, 15) is 10.2 Å². The van der Waals surface area contributed by atoms with Gasteiger partial charge in [0, 0.05) is 19.6 Å². The van der Waals surface area contributed by atoms with Crippen LogP contribution < -0.4 is 14.9 Å². The number of halogens is 2. The van der Waals surface area contributed by atoms with Crippen LogP contribution in [0.3, 0.4) is 0 Å². The Labute approximate surface area is 231 Å². The fourth-order valence-electron chi connectivity index (χ4n) is 3.81. The normalized spacial score (nSPS) is 16.2. The summed E-state index contributed by atoms with van der Waals surface area (Å²) in [5.41, 5.74) is 6.21. The van der Waals surface area contributed by atoms with Gasteiger partial charge in [-0.2, -0.15) is 0 Å². The Morgan fingerprint density at radius 1 is 0.944 bits per heavy atom. The van der Waals surface area contributed by atoms with Gasteiger partial charge in [-0.1, -0.05) is 38.1 Å². The van der Waals surface area contributed by atoms with Crippen LogP contribution in [-0.4, -0.2) is 79.0 Å². The van der Waals surface area contributed by atoms with Crippen molar-refractivity contribution in [1.29, 1.82) is 0 Å². The van der Waals surface area contributed by atoms with Crippen LogP contribution in [0.4, 0.5) is 0 Å². The highest BCUT2D eigenvalue weighted by Crippen LogP contribution is 2.33. The highest BCUT2D eigenvalue weighted by Gasteiger charge is 2.27. The Hall–Kier alpha value is -1.76. The molecule has 1 aliphatic heterocycles. The summed E-state index contributed by atoms with van der Waals surface area (Å²) < 4.78 is 17.6. The number of rotatable bonds is 13. The van der Waals surface area contributed by atoms with Crippen molar-refractivity contribution < 1.29 is 24.4 Å². The minimum Gasteiger partial charge on any atom is -0.491 e. The number of ether oxygens (including phenoxy) is 3. The molecule has 0 radical (unpaired) electrons. The van der Waals surface area contributed by atoms with Crippen molar-refractivity contribution in [2.24, 2.45) is 0 Å². The maximum absolute atomic E-state index is 10.6. The number of nitrogens with one attached hydrogen (secondary N) is 1. The Kier molecular flexibility index (Phi) is 10.5. The molecule has 0 saturated carbocycles. The first-order valence-electron chi connectivity index (χ1n) is 11.7. The minimum absolute atomic E-state index is 0.142. The summed E-state index contributed by atoms with van der Waals surface area (Å²) in [6.07, 6.45) is -1.36. The number of aliphatic hydroxyl groups is 2. The number of hydrazine groups is 2.